The molecule has 3 aliphatic heterocycles. The molecule has 2 aromatic heterocycles. The van der Waals surface area contributed by atoms with Crippen LogP contribution in [0.2, 0.25) is 0 Å². The standard InChI is InChI=1S/C79H73BN2/c1-74(2,3)47-30-28-44(29-31-47)55-35-46(34-45-22-16-17-23-52(45)55)56-43-64-73-68-72(56)81-67-33-32-48(75(4,5)6)36-57(67)58-38-50(77(10,11)12)41-65(70(58)81)80(68)66-42-51(78(13,14)15)39-60-59-37-49(76(7,8)9)40-63(69(59)82(73)71(60)66)79(64)61-26-20-18-24-53(61)54-25-19-21-27-62(54)79/h16-43H,1-15H3. The van der Waals surface area contributed by atoms with Gasteiger partial charge in [0, 0.05) is 43.8 Å². The molecule has 0 saturated heterocycles. The Morgan fingerprint density at radius 3 is 1.41 bits per heavy atom. The van der Waals surface area contributed by atoms with Gasteiger partial charge in [0.05, 0.1) is 22.1 Å². The number of aromatic nitrogens is 2. The minimum absolute atomic E-state index is 0.0379. The molecule has 0 saturated carbocycles. The first-order valence-corrected chi connectivity index (χ1v) is 30.2. The minimum Gasteiger partial charge on any atom is -0.310 e. The Hall–Kier alpha value is -7.88. The quantitative estimate of drug-likeness (QED) is 0.153. The lowest BCUT2D eigenvalue weighted by Crippen LogP contribution is -2.61. The number of benzene rings is 10. The molecule has 0 fully saturated rings. The number of hydrogen-bond acceptors (Lipinski definition) is 0. The molecule has 1 aliphatic carbocycles. The molecule has 1 spiro atoms. The molecular formula is C79H73BN2. The van der Waals surface area contributed by atoms with E-state index in [1.807, 2.05) is 0 Å². The molecule has 12 aromatic rings. The van der Waals surface area contributed by atoms with E-state index in [2.05, 4.69) is 283 Å². The van der Waals surface area contributed by atoms with Crippen molar-refractivity contribution in [1.82, 2.24) is 9.13 Å². The third-order valence-electron chi connectivity index (χ3n) is 20.0. The van der Waals surface area contributed by atoms with Crippen LogP contribution in [0.15, 0.2) is 170 Å². The van der Waals surface area contributed by atoms with Gasteiger partial charge in [0.25, 0.3) is 6.71 Å². The van der Waals surface area contributed by atoms with E-state index in [1.54, 1.807) is 0 Å². The van der Waals surface area contributed by atoms with Gasteiger partial charge < -0.3 is 9.13 Å². The second-order valence-corrected chi connectivity index (χ2v) is 30.2. The third kappa shape index (κ3) is 6.43. The van der Waals surface area contributed by atoms with Crippen LogP contribution < -0.4 is 16.4 Å². The maximum absolute atomic E-state index is 2.82. The molecule has 82 heavy (non-hydrogen) atoms. The SMILES string of the molecule is CC(C)(C)c1ccc(-c2cc(-c3cc4c5c6c3-n3c7ccc(C(C)(C)C)cc7c7cc(C(C)(C)C)cc(c73)B6c3cc(C(C)(C)C)cc6c7cc(C(C)(C)C)cc(c7n-5c36)C43c4ccccc4-c4ccccc43)cc3ccccc23)cc1. The first-order valence-electron chi connectivity index (χ1n) is 30.2. The maximum Gasteiger partial charge on any atom is 0.252 e. The first kappa shape index (κ1) is 49.9. The fraction of sp³-hybridized carbons (Fsp3) is 0.266. The average molecular weight is 1060 g/mol. The summed E-state index contributed by atoms with van der Waals surface area (Å²) in [6.07, 6.45) is 0. The van der Waals surface area contributed by atoms with Crippen LogP contribution in [0.3, 0.4) is 0 Å². The summed E-state index contributed by atoms with van der Waals surface area (Å²) in [5.41, 5.74) is 31.2. The molecule has 4 aliphatic rings. The molecule has 0 atom stereocenters. The Kier molecular flexibility index (Phi) is 9.62. The fourth-order valence-electron chi connectivity index (χ4n) is 15.7. The van der Waals surface area contributed by atoms with Gasteiger partial charge in [0.1, 0.15) is 0 Å². The van der Waals surface area contributed by atoms with E-state index in [0.717, 1.165) is 0 Å². The van der Waals surface area contributed by atoms with Crippen LogP contribution >= 0.6 is 0 Å². The lowest BCUT2D eigenvalue weighted by atomic mass is 9.33. The van der Waals surface area contributed by atoms with E-state index < -0.39 is 5.41 Å². The van der Waals surface area contributed by atoms with Gasteiger partial charge >= 0.3 is 0 Å². The van der Waals surface area contributed by atoms with Crippen LogP contribution in [0, 0.1) is 0 Å². The highest BCUT2D eigenvalue weighted by molar-refractivity contribution is 7.00. The van der Waals surface area contributed by atoms with Gasteiger partial charge in [0.15, 0.2) is 0 Å². The van der Waals surface area contributed by atoms with Crippen LogP contribution in [-0.4, -0.2) is 15.8 Å². The molecule has 0 amide bonds. The maximum atomic E-state index is 2.82. The van der Waals surface area contributed by atoms with Gasteiger partial charge in [0.2, 0.25) is 0 Å². The number of fused-ring (bicyclic) bond motifs is 15. The topological polar surface area (TPSA) is 9.86 Å². The van der Waals surface area contributed by atoms with E-state index in [4.69, 9.17) is 0 Å². The molecule has 0 N–H and O–H groups in total. The summed E-state index contributed by atoms with van der Waals surface area (Å²) in [4.78, 5) is 0. The number of hydrogen-bond donors (Lipinski definition) is 0. The van der Waals surface area contributed by atoms with Gasteiger partial charge in [-0.2, -0.15) is 0 Å². The predicted molar refractivity (Wildman–Crippen MR) is 353 cm³/mol. The Morgan fingerprint density at radius 1 is 0.317 bits per heavy atom. The predicted octanol–water partition coefficient (Wildman–Crippen LogP) is 18.7. The van der Waals surface area contributed by atoms with E-state index >= 15 is 0 Å². The minimum atomic E-state index is -0.656. The molecule has 3 heteroatoms. The Bertz CT molecular complexity index is 4810. The van der Waals surface area contributed by atoms with Crippen molar-refractivity contribution in [2.24, 2.45) is 0 Å². The van der Waals surface area contributed by atoms with Crippen molar-refractivity contribution in [1.29, 1.82) is 0 Å². The molecule has 2 nitrogen and oxygen atoms in total. The van der Waals surface area contributed by atoms with Crippen molar-refractivity contribution in [2.45, 2.75) is 136 Å². The molecule has 0 bridgehead atoms. The van der Waals surface area contributed by atoms with E-state index in [-0.39, 0.29) is 33.8 Å². The first-order chi connectivity index (χ1) is 38.8. The van der Waals surface area contributed by atoms with Gasteiger partial charge in [-0.25, -0.2) is 0 Å². The molecule has 5 heterocycles. The summed E-state index contributed by atoms with van der Waals surface area (Å²) in [7, 11) is 0. The lowest BCUT2D eigenvalue weighted by Gasteiger charge is -2.45. The summed E-state index contributed by atoms with van der Waals surface area (Å²) in [5, 5.41) is 7.91. The van der Waals surface area contributed by atoms with Crippen LogP contribution in [0.5, 0.6) is 0 Å². The highest BCUT2D eigenvalue weighted by atomic mass is 15.1. The van der Waals surface area contributed by atoms with E-state index in [9.17, 15) is 0 Å². The van der Waals surface area contributed by atoms with Crippen molar-refractivity contribution < 1.29 is 0 Å². The molecule has 0 radical (unpaired) electrons. The van der Waals surface area contributed by atoms with Gasteiger partial charge in [-0.3, -0.25) is 0 Å². The third-order valence-corrected chi connectivity index (χ3v) is 20.0. The van der Waals surface area contributed by atoms with Crippen molar-refractivity contribution in [3.8, 4) is 44.8 Å². The Balaban J connectivity index is 1.19. The molecular weight excluding hydrogens is 988 g/mol. The van der Waals surface area contributed by atoms with Gasteiger partial charge in [-0.15, -0.1) is 0 Å². The van der Waals surface area contributed by atoms with Gasteiger partial charge in [-0.05, 0) is 181 Å². The monoisotopic (exact) mass is 1060 g/mol. The molecule has 402 valence electrons. The Morgan fingerprint density at radius 2 is 0.817 bits per heavy atom. The highest BCUT2D eigenvalue weighted by Crippen LogP contribution is 2.63. The fourth-order valence-corrected chi connectivity index (χ4v) is 15.7. The average Bonchev–Trinajstić information content (AvgIpc) is 1.54. The van der Waals surface area contributed by atoms with Crippen LogP contribution in [-0.2, 0) is 32.5 Å². The summed E-state index contributed by atoms with van der Waals surface area (Å²) in [5.74, 6) is 0. The van der Waals surface area contributed by atoms with E-state index in [0.29, 0.717) is 0 Å². The smallest absolute Gasteiger partial charge is 0.252 e. The van der Waals surface area contributed by atoms with Crippen molar-refractivity contribution in [3.05, 3.63) is 220 Å². The largest absolute Gasteiger partial charge is 0.310 e. The normalized spacial score (nSPS) is 14.8. The lowest BCUT2D eigenvalue weighted by molar-refractivity contribution is 0.588. The zero-order valence-corrected chi connectivity index (χ0v) is 50.6. The van der Waals surface area contributed by atoms with Crippen LogP contribution in [0.4, 0.5) is 0 Å². The zero-order chi connectivity index (χ0) is 56.9. The summed E-state index contributed by atoms with van der Waals surface area (Å²) in [6, 6.07) is 68.5. The van der Waals surface area contributed by atoms with Crippen LogP contribution in [0.1, 0.15) is 154 Å². The van der Waals surface area contributed by atoms with Crippen molar-refractivity contribution >= 4 is 77.5 Å². The second-order valence-electron chi connectivity index (χ2n) is 30.2. The number of rotatable bonds is 2. The Labute approximate surface area is 484 Å². The van der Waals surface area contributed by atoms with Crippen LogP contribution in [0.25, 0.3) is 99.1 Å². The molecule has 0 unspecified atom stereocenters. The van der Waals surface area contributed by atoms with E-state index in [1.165, 1.54) is 166 Å². The highest BCUT2D eigenvalue weighted by Gasteiger charge is 2.55. The number of nitrogens with zero attached hydrogens (tertiary/aromatic N) is 2. The van der Waals surface area contributed by atoms with Crippen molar-refractivity contribution in [3.63, 3.8) is 0 Å². The summed E-state index contributed by atoms with van der Waals surface area (Å²) >= 11 is 0. The molecule has 10 aromatic carbocycles. The van der Waals surface area contributed by atoms with Crippen molar-refractivity contribution in [2.75, 3.05) is 0 Å². The second kappa shape index (κ2) is 15.8. The summed E-state index contributed by atoms with van der Waals surface area (Å²) < 4.78 is 5.59. The zero-order valence-electron chi connectivity index (χ0n) is 50.6. The summed E-state index contributed by atoms with van der Waals surface area (Å²) in [6.45, 7) is 35.7. The van der Waals surface area contributed by atoms with Gasteiger partial charge in [-0.1, -0.05) is 225 Å². The molecule has 16 rings (SSSR count).